The fourth-order valence-electron chi connectivity index (χ4n) is 3.72. The van der Waals surface area contributed by atoms with Gasteiger partial charge in [0, 0.05) is 16.7 Å². The molecule has 8 heteroatoms. The van der Waals surface area contributed by atoms with Gasteiger partial charge in [0.15, 0.2) is 5.96 Å². The van der Waals surface area contributed by atoms with Crippen LogP contribution in [0.1, 0.15) is 38.3 Å². The van der Waals surface area contributed by atoms with Crippen LogP contribution in [0.3, 0.4) is 0 Å². The molecule has 4 N–H and O–H groups in total. The number of hydrogen-bond acceptors (Lipinski definition) is 3. The van der Waals surface area contributed by atoms with E-state index in [-0.39, 0.29) is 17.9 Å². The van der Waals surface area contributed by atoms with Gasteiger partial charge in [-0.15, -0.1) is 0 Å². The van der Waals surface area contributed by atoms with Gasteiger partial charge in [0.25, 0.3) is 5.91 Å². The summed E-state index contributed by atoms with van der Waals surface area (Å²) < 4.78 is 0.949. The van der Waals surface area contributed by atoms with E-state index in [2.05, 4.69) is 45.7 Å². The molecule has 1 atom stereocenters. The Morgan fingerprint density at radius 2 is 1.74 bits per heavy atom. The molecule has 0 radical (unpaired) electrons. The second-order valence-electron chi connectivity index (χ2n) is 8.43. The highest BCUT2D eigenvalue weighted by Gasteiger charge is 2.45. The normalized spacial score (nSPS) is 18.3. The predicted molar refractivity (Wildman–Crippen MR) is 126 cm³/mol. The van der Waals surface area contributed by atoms with E-state index in [9.17, 15) is 9.59 Å². The molecule has 0 spiro atoms. The maximum atomic E-state index is 12.9. The van der Waals surface area contributed by atoms with Crippen LogP contribution in [-0.2, 0) is 17.9 Å². The van der Waals surface area contributed by atoms with Crippen molar-refractivity contribution < 1.29 is 9.59 Å². The summed E-state index contributed by atoms with van der Waals surface area (Å²) in [6.07, 6.45) is 0.678. The molecule has 1 heterocycles. The van der Waals surface area contributed by atoms with Gasteiger partial charge in [-0.25, -0.2) is 4.79 Å². The van der Waals surface area contributed by atoms with Crippen molar-refractivity contribution in [1.29, 1.82) is 5.41 Å². The summed E-state index contributed by atoms with van der Waals surface area (Å²) in [5, 5.41) is 16.8. The summed E-state index contributed by atoms with van der Waals surface area (Å²) in [6.45, 7) is 6.72. The summed E-state index contributed by atoms with van der Waals surface area (Å²) in [6, 6.07) is 14.7. The van der Waals surface area contributed by atoms with E-state index < -0.39 is 5.54 Å². The monoisotopic (exact) mass is 485 g/mol. The van der Waals surface area contributed by atoms with Crippen molar-refractivity contribution in [3.63, 3.8) is 0 Å². The second kappa shape index (κ2) is 9.51. The third-order valence-corrected chi connectivity index (χ3v) is 5.65. The summed E-state index contributed by atoms with van der Waals surface area (Å²) in [5.41, 5.74) is 1.86. The lowest BCUT2D eigenvalue weighted by molar-refractivity contribution is -0.131. The van der Waals surface area contributed by atoms with Crippen LogP contribution >= 0.6 is 15.9 Å². The van der Waals surface area contributed by atoms with Crippen LogP contribution < -0.4 is 16.0 Å². The summed E-state index contributed by atoms with van der Waals surface area (Å²) in [4.78, 5) is 26.4. The van der Waals surface area contributed by atoms with Crippen molar-refractivity contribution in [3.05, 3.63) is 64.1 Å². The summed E-state index contributed by atoms with van der Waals surface area (Å²) in [5.74, 6) is 0.423. The number of guanidine groups is 1. The average Bonchev–Trinajstić information content (AvgIpc) is 2.91. The minimum atomic E-state index is -0.725. The predicted octanol–water partition coefficient (Wildman–Crippen LogP) is 4.44. The van der Waals surface area contributed by atoms with Gasteiger partial charge in [-0.3, -0.25) is 15.1 Å². The van der Waals surface area contributed by atoms with Gasteiger partial charge >= 0.3 is 6.03 Å². The van der Waals surface area contributed by atoms with E-state index in [1.807, 2.05) is 55.5 Å². The van der Waals surface area contributed by atoms with Gasteiger partial charge in [0.05, 0.1) is 6.54 Å². The molecule has 2 aromatic carbocycles. The number of urea groups is 1. The Hall–Kier alpha value is -2.87. The number of halogens is 1. The number of carbonyl (C=O) groups excluding carboxylic acids is 2. The van der Waals surface area contributed by atoms with Crippen LogP contribution in [0.15, 0.2) is 53.0 Å². The van der Waals surface area contributed by atoms with Gasteiger partial charge in [-0.1, -0.05) is 54.0 Å². The minimum Gasteiger partial charge on any atom is -0.342 e. The fourth-order valence-corrected chi connectivity index (χ4v) is 3.99. The van der Waals surface area contributed by atoms with Crippen LogP contribution in [0.4, 0.5) is 10.5 Å². The third kappa shape index (κ3) is 5.85. The molecule has 0 aromatic heterocycles. The van der Waals surface area contributed by atoms with E-state index in [4.69, 9.17) is 5.41 Å². The molecule has 3 amide bonds. The second-order valence-corrected chi connectivity index (χ2v) is 9.34. The first-order valence-electron chi connectivity index (χ1n) is 10.2. The minimum absolute atomic E-state index is 0.0680. The highest BCUT2D eigenvalue weighted by Crippen LogP contribution is 2.26. The lowest BCUT2D eigenvalue weighted by atomic mass is 9.91. The Balaban J connectivity index is 1.53. The molecular weight excluding hydrogens is 458 g/mol. The van der Waals surface area contributed by atoms with Crippen LogP contribution in [0.5, 0.6) is 0 Å². The number of carbonyl (C=O) groups is 2. The smallest absolute Gasteiger partial charge is 0.319 e. The van der Waals surface area contributed by atoms with Crippen molar-refractivity contribution in [2.75, 3.05) is 5.32 Å². The van der Waals surface area contributed by atoms with Crippen LogP contribution in [0.2, 0.25) is 0 Å². The Labute approximate surface area is 191 Å². The Morgan fingerprint density at radius 3 is 2.35 bits per heavy atom. The molecule has 0 aliphatic carbocycles. The number of nitrogens with zero attached hydrogens (tertiary/aromatic N) is 1. The van der Waals surface area contributed by atoms with Gasteiger partial charge in [-0.2, -0.15) is 0 Å². The standard InChI is InChI=1S/C23H28BrN5O2/c1-15(2)12-23(3)20(30)29(21(25)28-23)14-17-6-4-16(5-7-17)13-26-22(31)27-19-10-8-18(24)9-11-19/h4-11,15H,12-14H2,1-3H3,(H2,25,28)(H2,26,27,31). The van der Waals surface area contributed by atoms with Crippen LogP contribution in [0, 0.1) is 11.3 Å². The first kappa shape index (κ1) is 22.8. The third-order valence-electron chi connectivity index (χ3n) is 5.12. The lowest BCUT2D eigenvalue weighted by Gasteiger charge is -2.24. The van der Waals surface area contributed by atoms with E-state index >= 15 is 0 Å². The van der Waals surface area contributed by atoms with Gasteiger partial charge < -0.3 is 16.0 Å². The lowest BCUT2D eigenvalue weighted by Crippen LogP contribution is -2.44. The van der Waals surface area contributed by atoms with Gasteiger partial charge in [0.1, 0.15) is 5.54 Å². The molecule has 2 aromatic rings. The number of anilines is 1. The maximum Gasteiger partial charge on any atom is 0.319 e. The first-order valence-corrected chi connectivity index (χ1v) is 11.0. The highest BCUT2D eigenvalue weighted by molar-refractivity contribution is 9.10. The Kier molecular flexibility index (Phi) is 7.00. The topological polar surface area (TPSA) is 97.3 Å². The van der Waals surface area contributed by atoms with Crippen molar-refractivity contribution in [1.82, 2.24) is 15.5 Å². The molecule has 1 aliphatic rings. The molecule has 31 heavy (non-hydrogen) atoms. The maximum absolute atomic E-state index is 12.9. The number of rotatable bonds is 7. The SMILES string of the molecule is CC(C)CC1(C)NC(=N)N(Cc2ccc(CNC(=O)Nc3ccc(Br)cc3)cc2)C1=O. The molecule has 1 aliphatic heterocycles. The Morgan fingerprint density at radius 1 is 1.13 bits per heavy atom. The van der Waals surface area contributed by atoms with E-state index in [1.165, 1.54) is 4.90 Å². The largest absolute Gasteiger partial charge is 0.342 e. The number of benzene rings is 2. The van der Waals surface area contributed by atoms with Crippen LogP contribution in [-0.4, -0.2) is 28.3 Å². The molecule has 7 nitrogen and oxygen atoms in total. The quantitative estimate of drug-likeness (QED) is 0.466. The van der Waals surface area contributed by atoms with Crippen molar-refractivity contribution in [2.45, 2.75) is 45.8 Å². The summed E-state index contributed by atoms with van der Waals surface area (Å²) in [7, 11) is 0. The highest BCUT2D eigenvalue weighted by atomic mass is 79.9. The zero-order valence-electron chi connectivity index (χ0n) is 18.0. The van der Waals surface area contributed by atoms with E-state index in [0.29, 0.717) is 31.1 Å². The van der Waals surface area contributed by atoms with Gasteiger partial charge in [-0.05, 0) is 54.7 Å². The summed E-state index contributed by atoms with van der Waals surface area (Å²) >= 11 is 3.36. The molecule has 1 unspecified atom stereocenters. The number of hydrogen-bond donors (Lipinski definition) is 4. The van der Waals surface area contributed by atoms with E-state index in [0.717, 1.165) is 15.6 Å². The molecule has 0 bridgehead atoms. The Bertz CT molecular complexity index is 959. The van der Waals surface area contributed by atoms with Crippen molar-refractivity contribution >= 4 is 39.5 Å². The molecule has 0 saturated carbocycles. The average molecular weight is 486 g/mol. The molecule has 3 rings (SSSR count). The van der Waals surface area contributed by atoms with Crippen molar-refractivity contribution in [2.24, 2.45) is 5.92 Å². The number of amides is 3. The van der Waals surface area contributed by atoms with E-state index in [1.54, 1.807) is 0 Å². The zero-order valence-corrected chi connectivity index (χ0v) is 19.5. The molecule has 164 valence electrons. The number of nitrogens with one attached hydrogen (secondary N) is 4. The molecular formula is C23H28BrN5O2. The molecule has 1 saturated heterocycles. The molecule has 1 fully saturated rings. The van der Waals surface area contributed by atoms with Crippen LogP contribution in [0.25, 0.3) is 0 Å². The first-order chi connectivity index (χ1) is 14.7. The van der Waals surface area contributed by atoms with Gasteiger partial charge in [0.2, 0.25) is 0 Å². The fraction of sp³-hybridized carbons (Fsp3) is 0.348. The zero-order chi connectivity index (χ0) is 22.6. The van der Waals surface area contributed by atoms with Crippen molar-refractivity contribution in [3.8, 4) is 0 Å².